The van der Waals surface area contributed by atoms with Gasteiger partial charge in [0.1, 0.15) is 24.6 Å². The van der Waals surface area contributed by atoms with E-state index >= 15 is 0 Å². The number of aliphatic hydroxyl groups excluding tert-OH is 3. The fourth-order valence-electron chi connectivity index (χ4n) is 2.39. The molecule has 0 bridgehead atoms. The van der Waals surface area contributed by atoms with Crippen molar-refractivity contribution in [2.45, 2.75) is 24.5 Å². The van der Waals surface area contributed by atoms with Gasteiger partial charge in [-0.1, -0.05) is 0 Å². The van der Waals surface area contributed by atoms with Gasteiger partial charge in [0.25, 0.3) is 0 Å². The minimum atomic E-state index is -1.39. The van der Waals surface area contributed by atoms with Crippen molar-refractivity contribution in [3.05, 3.63) is 12.6 Å². The number of nitrogens with zero attached hydrogens (tertiary/aromatic N) is 4. The maximum atomic E-state index is 10.4. The highest BCUT2D eigenvalue weighted by atomic mass is 16.6. The van der Waals surface area contributed by atoms with Crippen molar-refractivity contribution >= 4 is 22.9 Å². The SMILES string of the molecule is Nc1ncnc2c1nc(OC=C=O)n2[C@@H]1O[C@H](CO)[C@@H](O)[C@H]1O. The zero-order chi connectivity index (χ0) is 16.6. The Hall–Kier alpha value is -2.56. The molecule has 0 amide bonds. The quantitative estimate of drug-likeness (QED) is 0.356. The van der Waals surface area contributed by atoms with Gasteiger partial charge >= 0.3 is 6.01 Å². The lowest BCUT2D eigenvalue weighted by molar-refractivity contribution is -0.0533. The van der Waals surface area contributed by atoms with Crippen LogP contribution in [0.3, 0.4) is 0 Å². The first kappa shape index (κ1) is 15.3. The monoisotopic (exact) mass is 323 g/mol. The number of fused-ring (bicyclic) bond motifs is 1. The van der Waals surface area contributed by atoms with Gasteiger partial charge in [-0.25, -0.2) is 19.3 Å². The van der Waals surface area contributed by atoms with E-state index in [1.165, 1.54) is 16.8 Å². The number of hydrogen-bond acceptors (Lipinski definition) is 10. The van der Waals surface area contributed by atoms with Crippen LogP contribution >= 0.6 is 0 Å². The molecule has 0 spiro atoms. The van der Waals surface area contributed by atoms with Crippen LogP contribution in [0.1, 0.15) is 6.23 Å². The van der Waals surface area contributed by atoms with E-state index in [0.717, 1.165) is 0 Å². The van der Waals surface area contributed by atoms with E-state index in [1.54, 1.807) is 0 Å². The average molecular weight is 323 g/mol. The predicted molar refractivity (Wildman–Crippen MR) is 73.6 cm³/mol. The van der Waals surface area contributed by atoms with E-state index in [9.17, 15) is 20.1 Å². The van der Waals surface area contributed by atoms with Crippen molar-refractivity contribution in [2.24, 2.45) is 0 Å². The molecule has 4 atom stereocenters. The van der Waals surface area contributed by atoms with Gasteiger partial charge in [-0.3, -0.25) is 0 Å². The number of hydrogen-bond donors (Lipinski definition) is 4. The Morgan fingerprint density at radius 2 is 2.22 bits per heavy atom. The number of aromatic nitrogens is 4. The Morgan fingerprint density at radius 3 is 2.87 bits per heavy atom. The van der Waals surface area contributed by atoms with Gasteiger partial charge in [-0.2, -0.15) is 4.98 Å². The highest BCUT2D eigenvalue weighted by Gasteiger charge is 2.45. The number of nitrogens with two attached hydrogens (primary N) is 1. The van der Waals surface area contributed by atoms with Gasteiger partial charge in [-0.15, -0.1) is 0 Å². The van der Waals surface area contributed by atoms with Gasteiger partial charge < -0.3 is 30.5 Å². The van der Waals surface area contributed by atoms with E-state index in [0.29, 0.717) is 6.26 Å². The van der Waals surface area contributed by atoms with Crippen LogP contribution in [0.5, 0.6) is 6.01 Å². The summed E-state index contributed by atoms with van der Waals surface area (Å²) in [6, 6.07) is -0.162. The Morgan fingerprint density at radius 1 is 1.43 bits per heavy atom. The average Bonchev–Trinajstić information content (AvgIpc) is 3.05. The summed E-state index contributed by atoms with van der Waals surface area (Å²) in [7, 11) is 0. The standard InChI is InChI=1S/C12H13N5O6/c13-9-6-10(15-4-14-9)17(12(16-6)22-2-1-18)11-8(21)7(20)5(3-19)23-11/h2,4-5,7-8,11,19-21H,3H2,(H2,13,14,15)/t5-,7-,8-,11-/m1/s1. The third kappa shape index (κ3) is 2.42. The maximum absolute atomic E-state index is 10.4. The Balaban J connectivity index is 2.15. The summed E-state index contributed by atoms with van der Waals surface area (Å²) in [5, 5.41) is 29.2. The topological polar surface area (TPSA) is 166 Å². The maximum Gasteiger partial charge on any atom is 0.306 e. The molecule has 0 saturated carbocycles. The molecule has 1 aliphatic heterocycles. The second-order valence-corrected chi connectivity index (χ2v) is 4.78. The third-order valence-electron chi connectivity index (χ3n) is 3.46. The Labute approximate surface area is 128 Å². The van der Waals surface area contributed by atoms with Crippen LogP contribution in [0.2, 0.25) is 0 Å². The molecule has 1 saturated heterocycles. The molecule has 23 heavy (non-hydrogen) atoms. The van der Waals surface area contributed by atoms with Gasteiger partial charge in [0.05, 0.1) is 6.61 Å². The largest absolute Gasteiger partial charge is 0.421 e. The van der Waals surface area contributed by atoms with E-state index in [-0.39, 0.29) is 23.0 Å². The number of ether oxygens (including phenoxy) is 2. The highest BCUT2D eigenvalue weighted by Crippen LogP contribution is 2.35. The van der Waals surface area contributed by atoms with Gasteiger partial charge in [0.2, 0.25) is 0 Å². The summed E-state index contributed by atoms with van der Waals surface area (Å²) in [5.41, 5.74) is 6.05. The molecule has 3 rings (SSSR count). The molecule has 11 heteroatoms. The number of nitrogen functional groups attached to an aromatic ring is 1. The third-order valence-corrected chi connectivity index (χ3v) is 3.46. The van der Waals surface area contributed by atoms with Crippen molar-refractivity contribution in [1.29, 1.82) is 0 Å². The molecule has 1 fully saturated rings. The fraction of sp³-hybridized carbons (Fsp3) is 0.417. The predicted octanol–water partition coefficient (Wildman–Crippen LogP) is -2.26. The van der Waals surface area contributed by atoms with Crippen molar-refractivity contribution in [3.63, 3.8) is 0 Å². The first-order valence-electron chi connectivity index (χ1n) is 6.55. The van der Waals surface area contributed by atoms with Crippen molar-refractivity contribution in [1.82, 2.24) is 19.5 Å². The van der Waals surface area contributed by atoms with Crippen molar-refractivity contribution < 1.29 is 29.6 Å². The lowest BCUT2D eigenvalue weighted by Gasteiger charge is -2.18. The molecule has 2 aromatic rings. The van der Waals surface area contributed by atoms with E-state index in [1.807, 2.05) is 0 Å². The zero-order valence-electron chi connectivity index (χ0n) is 11.6. The minimum absolute atomic E-state index is 0.0560. The number of carbonyl (C=O) groups excluding carboxylic acids is 1. The summed E-state index contributed by atoms with van der Waals surface area (Å²) in [6.45, 7) is -0.497. The molecule has 5 N–H and O–H groups in total. The summed E-state index contributed by atoms with van der Waals surface area (Å²) in [6.07, 6.45) is -2.98. The molecule has 0 radical (unpaired) electrons. The molecular weight excluding hydrogens is 310 g/mol. The molecule has 0 aromatic carbocycles. The summed E-state index contributed by atoms with van der Waals surface area (Å²) in [4.78, 5) is 22.2. The van der Waals surface area contributed by atoms with Crippen LogP contribution in [0.4, 0.5) is 5.82 Å². The minimum Gasteiger partial charge on any atom is -0.421 e. The second-order valence-electron chi connectivity index (χ2n) is 4.78. The fourth-order valence-corrected chi connectivity index (χ4v) is 2.39. The lowest BCUT2D eigenvalue weighted by Crippen LogP contribution is -2.33. The van der Waals surface area contributed by atoms with E-state index in [2.05, 4.69) is 15.0 Å². The van der Waals surface area contributed by atoms with Crippen LogP contribution in [-0.2, 0) is 9.53 Å². The molecule has 122 valence electrons. The number of imidazole rings is 1. The highest BCUT2D eigenvalue weighted by molar-refractivity contribution is 5.82. The summed E-state index contributed by atoms with van der Waals surface area (Å²) in [5.74, 6) is 1.48. The Kier molecular flexibility index (Phi) is 3.94. The van der Waals surface area contributed by atoms with E-state index < -0.39 is 31.1 Å². The van der Waals surface area contributed by atoms with Gasteiger partial charge in [-0.05, 0) is 0 Å². The van der Waals surface area contributed by atoms with Crippen molar-refractivity contribution in [2.75, 3.05) is 12.3 Å². The molecule has 3 heterocycles. The molecule has 11 nitrogen and oxygen atoms in total. The van der Waals surface area contributed by atoms with Crippen LogP contribution in [0.15, 0.2) is 12.6 Å². The van der Waals surface area contributed by atoms with Gasteiger partial charge in [0, 0.05) is 0 Å². The van der Waals surface area contributed by atoms with E-state index in [4.69, 9.17) is 15.2 Å². The normalized spacial score (nSPS) is 27.1. The van der Waals surface area contributed by atoms with Crippen LogP contribution in [-0.4, -0.2) is 65.7 Å². The number of aliphatic hydroxyl groups is 3. The smallest absolute Gasteiger partial charge is 0.306 e. The summed E-state index contributed by atoms with van der Waals surface area (Å²) >= 11 is 0. The summed E-state index contributed by atoms with van der Waals surface area (Å²) < 4.78 is 11.7. The number of rotatable bonds is 4. The first-order chi connectivity index (χ1) is 11.1. The molecule has 0 unspecified atom stereocenters. The van der Waals surface area contributed by atoms with Crippen LogP contribution in [0, 0.1) is 0 Å². The molecule has 2 aromatic heterocycles. The van der Waals surface area contributed by atoms with Crippen LogP contribution in [0.25, 0.3) is 11.2 Å². The zero-order valence-corrected chi connectivity index (χ0v) is 11.6. The van der Waals surface area contributed by atoms with Crippen molar-refractivity contribution in [3.8, 4) is 6.01 Å². The van der Waals surface area contributed by atoms with Gasteiger partial charge in [0.15, 0.2) is 35.4 Å². The number of anilines is 1. The van der Waals surface area contributed by atoms with Crippen LogP contribution < -0.4 is 10.5 Å². The second kappa shape index (κ2) is 5.91. The first-order valence-corrected chi connectivity index (χ1v) is 6.55. The molecular formula is C12H13N5O6. The Bertz CT molecular complexity index is 773. The molecule has 0 aliphatic carbocycles. The molecule has 1 aliphatic rings. The lowest BCUT2D eigenvalue weighted by atomic mass is 10.1.